The van der Waals surface area contributed by atoms with Crippen LogP contribution in [0.2, 0.25) is 0 Å². The van der Waals surface area contributed by atoms with Crippen LogP contribution in [-0.4, -0.2) is 27.1 Å². The van der Waals surface area contributed by atoms with Crippen molar-refractivity contribution in [3.63, 3.8) is 0 Å². The van der Waals surface area contributed by atoms with Crippen LogP contribution in [0.5, 0.6) is 0 Å². The Hall–Kier alpha value is -3.46. The fourth-order valence-corrected chi connectivity index (χ4v) is 4.67. The largest absolute Gasteiger partial charge is 0.382 e. The van der Waals surface area contributed by atoms with Crippen LogP contribution in [-0.2, 0) is 0 Å². The summed E-state index contributed by atoms with van der Waals surface area (Å²) in [4.78, 5) is 0. The third-order valence-corrected chi connectivity index (χ3v) is 6.17. The fraction of sp³-hybridized carbons (Fsp3) is 0.360. The highest BCUT2D eigenvalue weighted by molar-refractivity contribution is 6.18. The van der Waals surface area contributed by atoms with Gasteiger partial charge in [-0.25, -0.2) is 4.52 Å². The van der Waals surface area contributed by atoms with Crippen LogP contribution >= 0.6 is 0 Å². The molecule has 6 heteroatoms. The number of anilines is 1. The van der Waals surface area contributed by atoms with Gasteiger partial charge in [0, 0.05) is 35.0 Å². The van der Waals surface area contributed by atoms with Gasteiger partial charge in [-0.2, -0.15) is 20.6 Å². The lowest BCUT2D eigenvalue weighted by Crippen LogP contribution is -2.16. The highest BCUT2D eigenvalue weighted by Gasteiger charge is 2.26. The van der Waals surface area contributed by atoms with E-state index in [4.69, 9.17) is 5.26 Å². The zero-order valence-corrected chi connectivity index (χ0v) is 18.0. The molecule has 156 valence electrons. The van der Waals surface area contributed by atoms with Gasteiger partial charge in [0.1, 0.15) is 6.07 Å². The first-order valence-electron chi connectivity index (χ1n) is 11.0. The zero-order valence-electron chi connectivity index (χ0n) is 18.0. The summed E-state index contributed by atoms with van der Waals surface area (Å²) in [7, 11) is 0. The van der Waals surface area contributed by atoms with Gasteiger partial charge in [-0.05, 0) is 56.9 Å². The van der Waals surface area contributed by atoms with Gasteiger partial charge in [0.2, 0.25) is 0 Å². The van der Waals surface area contributed by atoms with E-state index in [2.05, 4.69) is 58.7 Å². The minimum Gasteiger partial charge on any atom is -0.382 e. The lowest BCUT2D eigenvalue weighted by molar-refractivity contribution is 0.721. The summed E-state index contributed by atoms with van der Waals surface area (Å²) in [6.07, 6.45) is 7.57. The average Bonchev–Trinajstić information content (AvgIpc) is 3.52. The first kappa shape index (κ1) is 19.5. The zero-order chi connectivity index (χ0) is 21.4. The monoisotopic (exact) mass is 410 g/mol. The summed E-state index contributed by atoms with van der Waals surface area (Å²) < 4.78 is 1.88. The molecule has 1 N–H and O–H groups in total. The molecule has 5 rings (SSSR count). The van der Waals surface area contributed by atoms with Crippen molar-refractivity contribution in [1.82, 2.24) is 9.61 Å². The number of nitrogens with zero attached hydrogens (tertiary/aromatic N) is 5. The lowest BCUT2D eigenvalue weighted by atomic mass is 9.94. The minimum atomic E-state index is 0.298. The van der Waals surface area contributed by atoms with E-state index >= 15 is 0 Å². The van der Waals surface area contributed by atoms with E-state index in [0.29, 0.717) is 17.5 Å². The van der Waals surface area contributed by atoms with Gasteiger partial charge in [-0.3, -0.25) is 0 Å². The molecule has 0 amide bonds. The van der Waals surface area contributed by atoms with E-state index in [-0.39, 0.29) is 0 Å². The first-order valence-corrected chi connectivity index (χ1v) is 11.0. The molecule has 1 aliphatic heterocycles. The summed E-state index contributed by atoms with van der Waals surface area (Å²) in [6.45, 7) is 4.29. The lowest BCUT2D eigenvalue weighted by Gasteiger charge is -2.17. The molecule has 1 aliphatic carbocycles. The van der Waals surface area contributed by atoms with E-state index < -0.39 is 0 Å². The molecule has 31 heavy (non-hydrogen) atoms. The first-order chi connectivity index (χ1) is 15.1. The van der Waals surface area contributed by atoms with Crippen molar-refractivity contribution >= 4 is 22.6 Å². The fourth-order valence-electron chi connectivity index (χ4n) is 4.67. The molecule has 3 heterocycles. The van der Waals surface area contributed by atoms with Crippen molar-refractivity contribution in [3.05, 3.63) is 53.7 Å². The molecule has 2 aromatic heterocycles. The predicted molar refractivity (Wildman–Crippen MR) is 125 cm³/mol. The molecule has 0 saturated heterocycles. The maximum absolute atomic E-state index is 9.14. The Morgan fingerprint density at radius 1 is 1.10 bits per heavy atom. The molecule has 0 unspecified atom stereocenters. The van der Waals surface area contributed by atoms with Gasteiger partial charge in [-0.15, -0.1) is 0 Å². The van der Waals surface area contributed by atoms with Crippen LogP contribution in [0, 0.1) is 17.2 Å². The molecule has 1 fully saturated rings. The summed E-state index contributed by atoms with van der Waals surface area (Å²) in [5, 5.41) is 26.3. The van der Waals surface area contributed by atoms with Crippen LogP contribution in [0.3, 0.4) is 0 Å². The topological polar surface area (TPSA) is 77.8 Å². The highest BCUT2D eigenvalue weighted by atomic mass is 15.2. The Bertz CT molecular complexity index is 1230. The summed E-state index contributed by atoms with van der Waals surface area (Å²) in [6, 6.07) is 14.8. The van der Waals surface area contributed by atoms with Crippen molar-refractivity contribution in [1.29, 1.82) is 5.26 Å². The maximum Gasteiger partial charge on any atom is 0.101 e. The van der Waals surface area contributed by atoms with E-state index in [9.17, 15) is 0 Å². The van der Waals surface area contributed by atoms with Crippen molar-refractivity contribution < 1.29 is 0 Å². The van der Waals surface area contributed by atoms with Crippen molar-refractivity contribution in [2.24, 2.45) is 16.1 Å². The summed E-state index contributed by atoms with van der Waals surface area (Å²) in [5.74, 6) is 0.610. The normalized spacial score (nSPS) is 16.6. The number of nitrogens with one attached hydrogen (secondary N) is 1. The van der Waals surface area contributed by atoms with Crippen LogP contribution in [0.15, 0.2) is 52.8 Å². The Kier molecular flexibility index (Phi) is 5.03. The van der Waals surface area contributed by atoms with Gasteiger partial charge in [0.05, 0.1) is 28.7 Å². The van der Waals surface area contributed by atoms with Crippen molar-refractivity contribution in [3.8, 4) is 17.3 Å². The Balaban J connectivity index is 1.49. The van der Waals surface area contributed by atoms with Gasteiger partial charge in [0.25, 0.3) is 0 Å². The van der Waals surface area contributed by atoms with E-state index in [1.807, 2.05) is 22.7 Å². The van der Waals surface area contributed by atoms with Crippen LogP contribution in [0.1, 0.15) is 57.1 Å². The molecule has 0 bridgehead atoms. The third-order valence-electron chi connectivity index (χ3n) is 6.17. The third kappa shape index (κ3) is 3.72. The minimum absolute atomic E-state index is 0.298. The van der Waals surface area contributed by atoms with Crippen LogP contribution in [0.25, 0.3) is 16.8 Å². The van der Waals surface area contributed by atoms with E-state index in [0.717, 1.165) is 40.2 Å². The molecule has 0 spiro atoms. The molecule has 1 saturated carbocycles. The van der Waals surface area contributed by atoms with Crippen molar-refractivity contribution in [2.45, 2.75) is 52.0 Å². The van der Waals surface area contributed by atoms with Gasteiger partial charge in [-0.1, -0.05) is 25.0 Å². The number of benzene rings is 1. The average molecular weight is 411 g/mol. The SMILES string of the molecule is CC(C)Nc1cc(-c2ccc3cc(C#N)cnn23)ccc1C1=NN=C(C2CCCC2)C1. The summed E-state index contributed by atoms with van der Waals surface area (Å²) in [5.41, 5.74) is 8.02. The second kappa shape index (κ2) is 7.99. The van der Waals surface area contributed by atoms with Crippen molar-refractivity contribution in [2.75, 3.05) is 5.32 Å². The molecule has 6 nitrogen and oxygen atoms in total. The summed E-state index contributed by atoms with van der Waals surface area (Å²) >= 11 is 0. The number of fused-ring (bicyclic) bond motifs is 1. The Labute approximate surface area is 182 Å². The molecular weight excluding hydrogens is 384 g/mol. The molecular formula is C25H26N6. The van der Waals surface area contributed by atoms with E-state index in [1.165, 1.54) is 31.4 Å². The molecule has 0 atom stereocenters. The van der Waals surface area contributed by atoms with Gasteiger partial charge < -0.3 is 5.32 Å². The number of rotatable bonds is 5. The standard InChI is InChI=1S/C25H26N6/c1-16(2)28-23-12-19(25-10-8-20-11-17(14-26)15-27-31(20)25)7-9-21(23)24-13-22(29-30-24)18-5-3-4-6-18/h7-12,15-16,18,28H,3-6,13H2,1-2H3. The number of nitriles is 1. The highest BCUT2D eigenvalue weighted by Crippen LogP contribution is 2.33. The molecule has 1 aromatic carbocycles. The number of hydrogen-bond donors (Lipinski definition) is 1. The second-order valence-electron chi connectivity index (χ2n) is 8.77. The maximum atomic E-state index is 9.14. The number of aromatic nitrogens is 2. The van der Waals surface area contributed by atoms with Crippen LogP contribution in [0.4, 0.5) is 5.69 Å². The van der Waals surface area contributed by atoms with Gasteiger partial charge in [0.15, 0.2) is 0 Å². The Morgan fingerprint density at radius 3 is 2.71 bits per heavy atom. The molecule has 0 radical (unpaired) electrons. The second-order valence-corrected chi connectivity index (χ2v) is 8.77. The van der Waals surface area contributed by atoms with E-state index in [1.54, 1.807) is 6.20 Å². The predicted octanol–water partition coefficient (Wildman–Crippen LogP) is 5.43. The van der Waals surface area contributed by atoms with Gasteiger partial charge >= 0.3 is 0 Å². The quantitative estimate of drug-likeness (QED) is 0.609. The Morgan fingerprint density at radius 2 is 1.94 bits per heavy atom. The number of hydrogen-bond acceptors (Lipinski definition) is 5. The molecule has 3 aromatic rings. The smallest absolute Gasteiger partial charge is 0.101 e. The molecule has 2 aliphatic rings. The van der Waals surface area contributed by atoms with Crippen LogP contribution < -0.4 is 5.32 Å².